The first-order valence-corrected chi connectivity index (χ1v) is 6.64. The number of hydrogen-bond donors (Lipinski definition) is 0. The summed E-state index contributed by atoms with van der Waals surface area (Å²) in [7, 11) is 0. The number of alkyl halides is 1. The van der Waals surface area contributed by atoms with Gasteiger partial charge in [0.2, 0.25) is 0 Å². The van der Waals surface area contributed by atoms with Crippen LogP contribution in [0.5, 0.6) is 0 Å². The normalized spacial score (nSPS) is 18.5. The maximum atomic E-state index is 5.79. The Labute approximate surface area is 100.0 Å². The summed E-state index contributed by atoms with van der Waals surface area (Å²) in [5.74, 6) is 0. The van der Waals surface area contributed by atoms with Crippen LogP contribution in [0.3, 0.4) is 0 Å². The minimum Gasteiger partial charge on any atom is -0.376 e. The molecular weight excluding hydrogens is 252 g/mol. The van der Waals surface area contributed by atoms with Crippen LogP contribution in [-0.4, -0.2) is 11.9 Å². The molecule has 2 heteroatoms. The monoisotopic (exact) mass is 268 g/mol. The van der Waals surface area contributed by atoms with Gasteiger partial charge in [0.1, 0.15) is 0 Å². The van der Waals surface area contributed by atoms with Crippen molar-refractivity contribution in [2.24, 2.45) is 5.41 Å². The van der Waals surface area contributed by atoms with Crippen LogP contribution in [0.1, 0.15) is 24.8 Å². The number of hydrogen-bond acceptors (Lipinski definition) is 1. The van der Waals surface area contributed by atoms with Gasteiger partial charge in [0, 0.05) is 10.7 Å². The van der Waals surface area contributed by atoms with Crippen molar-refractivity contribution in [1.82, 2.24) is 0 Å². The summed E-state index contributed by atoms with van der Waals surface area (Å²) in [5, 5.41) is 1.08. The van der Waals surface area contributed by atoms with Gasteiger partial charge in [-0.15, -0.1) is 0 Å². The van der Waals surface area contributed by atoms with E-state index in [0.717, 1.165) is 18.5 Å². The highest BCUT2D eigenvalue weighted by Gasteiger charge is 2.35. The highest BCUT2D eigenvalue weighted by Crippen LogP contribution is 2.42. The summed E-state index contributed by atoms with van der Waals surface area (Å²) in [6.45, 7) is 1.64. The average molecular weight is 269 g/mol. The fraction of sp³-hybridized carbons (Fsp3) is 0.538. The molecule has 0 amide bonds. The Hall–Kier alpha value is -0.340. The average Bonchev–Trinajstić information content (AvgIpc) is 2.24. The van der Waals surface area contributed by atoms with Crippen LogP contribution in [0.15, 0.2) is 30.3 Å². The number of benzene rings is 1. The predicted octanol–water partition coefficient (Wildman–Crippen LogP) is 3.77. The molecule has 1 aliphatic rings. The van der Waals surface area contributed by atoms with E-state index in [4.69, 9.17) is 4.74 Å². The molecule has 1 saturated carbocycles. The summed E-state index contributed by atoms with van der Waals surface area (Å²) >= 11 is 3.59. The van der Waals surface area contributed by atoms with E-state index in [1.807, 2.05) is 6.07 Å². The van der Waals surface area contributed by atoms with Gasteiger partial charge in [0.25, 0.3) is 0 Å². The fourth-order valence-corrected chi connectivity index (χ4v) is 2.68. The third-order valence-electron chi connectivity index (χ3n) is 3.22. The number of ether oxygens (including phenoxy) is 1. The molecule has 0 spiro atoms. The first-order chi connectivity index (χ1) is 7.35. The molecule has 0 radical (unpaired) electrons. The first-order valence-electron chi connectivity index (χ1n) is 5.52. The van der Waals surface area contributed by atoms with Crippen LogP contribution in [0.2, 0.25) is 0 Å². The van der Waals surface area contributed by atoms with Crippen LogP contribution in [0.25, 0.3) is 0 Å². The van der Waals surface area contributed by atoms with Gasteiger partial charge in [-0.2, -0.15) is 0 Å². The molecule has 0 unspecified atom stereocenters. The zero-order valence-electron chi connectivity index (χ0n) is 8.92. The van der Waals surface area contributed by atoms with Crippen molar-refractivity contribution in [3.05, 3.63) is 35.9 Å². The van der Waals surface area contributed by atoms with Gasteiger partial charge < -0.3 is 4.74 Å². The molecule has 82 valence electrons. The highest BCUT2D eigenvalue weighted by atomic mass is 79.9. The molecule has 15 heavy (non-hydrogen) atoms. The molecule has 0 aromatic heterocycles. The van der Waals surface area contributed by atoms with Crippen molar-refractivity contribution in [1.29, 1.82) is 0 Å². The van der Waals surface area contributed by atoms with Gasteiger partial charge in [-0.05, 0) is 18.4 Å². The van der Waals surface area contributed by atoms with Crippen LogP contribution < -0.4 is 0 Å². The van der Waals surface area contributed by atoms with E-state index < -0.39 is 0 Å². The van der Waals surface area contributed by atoms with Gasteiger partial charge in [0.15, 0.2) is 0 Å². The molecule has 1 aromatic rings. The van der Waals surface area contributed by atoms with Gasteiger partial charge >= 0.3 is 0 Å². The zero-order valence-corrected chi connectivity index (χ0v) is 10.5. The third kappa shape index (κ3) is 2.82. The highest BCUT2D eigenvalue weighted by molar-refractivity contribution is 9.09. The largest absolute Gasteiger partial charge is 0.376 e. The van der Waals surface area contributed by atoms with Crippen molar-refractivity contribution < 1.29 is 4.74 Å². The Kier molecular flexibility index (Phi) is 3.81. The molecule has 1 fully saturated rings. The summed E-state index contributed by atoms with van der Waals surface area (Å²) in [6, 6.07) is 10.4. The number of halogens is 1. The van der Waals surface area contributed by atoms with Gasteiger partial charge in [0.05, 0.1) is 13.2 Å². The van der Waals surface area contributed by atoms with Crippen molar-refractivity contribution in [2.45, 2.75) is 25.9 Å². The van der Waals surface area contributed by atoms with Crippen LogP contribution in [0, 0.1) is 5.41 Å². The van der Waals surface area contributed by atoms with E-state index in [2.05, 4.69) is 40.2 Å². The molecule has 1 aliphatic carbocycles. The Morgan fingerprint density at radius 2 is 1.93 bits per heavy atom. The van der Waals surface area contributed by atoms with Gasteiger partial charge in [-0.25, -0.2) is 0 Å². The van der Waals surface area contributed by atoms with E-state index in [0.29, 0.717) is 5.41 Å². The Bertz CT molecular complexity index is 287. The van der Waals surface area contributed by atoms with Gasteiger partial charge in [-0.1, -0.05) is 52.7 Å². The maximum Gasteiger partial charge on any atom is 0.0717 e. The topological polar surface area (TPSA) is 9.23 Å². The molecule has 0 N–H and O–H groups in total. The van der Waals surface area contributed by atoms with E-state index in [9.17, 15) is 0 Å². The quantitative estimate of drug-likeness (QED) is 0.739. The summed E-state index contributed by atoms with van der Waals surface area (Å²) in [5.41, 5.74) is 1.70. The SMILES string of the molecule is BrCC1(COCc2ccccc2)CCC1. The lowest BCUT2D eigenvalue weighted by Gasteiger charge is -2.40. The molecular formula is C13H17BrO. The summed E-state index contributed by atoms with van der Waals surface area (Å²) in [6.07, 6.45) is 3.99. The Balaban J connectivity index is 1.75. The maximum absolute atomic E-state index is 5.79. The molecule has 1 aromatic carbocycles. The lowest BCUT2D eigenvalue weighted by Crippen LogP contribution is -2.35. The Morgan fingerprint density at radius 3 is 2.47 bits per heavy atom. The van der Waals surface area contributed by atoms with E-state index >= 15 is 0 Å². The fourth-order valence-electron chi connectivity index (χ4n) is 1.95. The summed E-state index contributed by atoms with van der Waals surface area (Å²) < 4.78 is 5.79. The molecule has 0 aliphatic heterocycles. The van der Waals surface area contributed by atoms with Crippen molar-refractivity contribution >= 4 is 15.9 Å². The third-order valence-corrected chi connectivity index (χ3v) is 4.41. The minimum atomic E-state index is 0.439. The zero-order chi connectivity index (χ0) is 10.6. The Morgan fingerprint density at radius 1 is 1.20 bits per heavy atom. The first kappa shape index (κ1) is 11.2. The molecule has 0 atom stereocenters. The molecule has 0 saturated heterocycles. The standard InChI is InChI=1S/C13H17BrO/c14-10-13(7-4-8-13)11-15-9-12-5-2-1-3-6-12/h1-3,5-6H,4,7-11H2. The molecule has 2 rings (SSSR count). The number of rotatable bonds is 5. The van der Waals surface area contributed by atoms with Crippen molar-refractivity contribution in [3.63, 3.8) is 0 Å². The second-order valence-electron chi connectivity index (χ2n) is 4.47. The smallest absolute Gasteiger partial charge is 0.0717 e. The molecule has 0 heterocycles. The van der Waals surface area contributed by atoms with Crippen LogP contribution in [0.4, 0.5) is 0 Å². The molecule has 0 bridgehead atoms. The van der Waals surface area contributed by atoms with Crippen LogP contribution >= 0.6 is 15.9 Å². The van der Waals surface area contributed by atoms with Crippen molar-refractivity contribution in [2.75, 3.05) is 11.9 Å². The minimum absolute atomic E-state index is 0.439. The van der Waals surface area contributed by atoms with E-state index in [-0.39, 0.29) is 0 Å². The van der Waals surface area contributed by atoms with Crippen LogP contribution in [-0.2, 0) is 11.3 Å². The lowest BCUT2D eigenvalue weighted by atomic mass is 9.71. The van der Waals surface area contributed by atoms with Crippen molar-refractivity contribution in [3.8, 4) is 0 Å². The second-order valence-corrected chi connectivity index (χ2v) is 5.03. The van der Waals surface area contributed by atoms with E-state index in [1.54, 1.807) is 0 Å². The van der Waals surface area contributed by atoms with Gasteiger partial charge in [-0.3, -0.25) is 0 Å². The lowest BCUT2D eigenvalue weighted by molar-refractivity contribution is 0.00272. The summed E-state index contributed by atoms with van der Waals surface area (Å²) in [4.78, 5) is 0. The predicted molar refractivity (Wildman–Crippen MR) is 66.2 cm³/mol. The molecule has 1 nitrogen and oxygen atoms in total. The second kappa shape index (κ2) is 5.13. The van der Waals surface area contributed by atoms with E-state index in [1.165, 1.54) is 24.8 Å².